The van der Waals surface area contributed by atoms with Gasteiger partial charge in [0.1, 0.15) is 6.61 Å². The van der Waals surface area contributed by atoms with Crippen LogP contribution in [0.1, 0.15) is 18.9 Å². The van der Waals surface area contributed by atoms with Crippen LogP contribution in [-0.2, 0) is 16.1 Å². The number of Topliss-reactive ketones (excluding diaryl/α,β-unsaturated/α-hetero) is 1. The van der Waals surface area contributed by atoms with Crippen LogP contribution in [0.5, 0.6) is 0 Å². The van der Waals surface area contributed by atoms with Gasteiger partial charge in [0.15, 0.2) is 5.78 Å². The molecule has 4 nitrogen and oxygen atoms in total. The molecule has 0 bridgehead atoms. The summed E-state index contributed by atoms with van der Waals surface area (Å²) in [7, 11) is 0. The number of carbonyl (C=O) groups is 2. The van der Waals surface area contributed by atoms with E-state index < -0.39 is 6.09 Å². The molecule has 98 valence electrons. The lowest BCUT2D eigenvalue weighted by molar-refractivity contribution is -0.118. The number of benzene rings is 1. The number of hydrogen-bond donors (Lipinski definition) is 1. The van der Waals surface area contributed by atoms with Gasteiger partial charge < -0.3 is 10.1 Å². The Balaban J connectivity index is 2.20. The molecular weight excluding hydrogens is 254 g/mol. The Morgan fingerprint density at radius 2 is 2.00 bits per heavy atom. The predicted octanol–water partition coefficient (Wildman–Crippen LogP) is 2.50. The molecule has 0 saturated carbocycles. The largest absolute Gasteiger partial charge is 0.445 e. The number of nitrogens with one attached hydrogen (secondary N) is 1. The van der Waals surface area contributed by atoms with Crippen LogP contribution in [0.3, 0.4) is 0 Å². The Morgan fingerprint density at radius 1 is 1.33 bits per heavy atom. The van der Waals surface area contributed by atoms with Crippen molar-refractivity contribution in [2.24, 2.45) is 0 Å². The smallest absolute Gasteiger partial charge is 0.407 e. The maximum atomic E-state index is 11.3. The molecule has 0 aliphatic rings. The first kappa shape index (κ1) is 14.5. The molecule has 0 aliphatic carbocycles. The van der Waals surface area contributed by atoms with Gasteiger partial charge >= 0.3 is 6.09 Å². The summed E-state index contributed by atoms with van der Waals surface area (Å²) in [6, 6.07) is 9.32. The van der Waals surface area contributed by atoms with Crippen LogP contribution in [0.4, 0.5) is 4.79 Å². The second-order valence-electron chi connectivity index (χ2n) is 3.94. The Kier molecular flexibility index (Phi) is 6.22. The molecule has 1 N–H and O–H groups in total. The molecule has 1 rings (SSSR count). The first-order valence-corrected chi connectivity index (χ1v) is 6.12. The molecule has 0 aromatic heterocycles. The standard InChI is InChI=1S/C13H16ClNO3/c1-10(14)7-12(16)8-15-13(17)18-9-11-5-3-2-4-6-11/h2-6,10H,7-9H2,1H3,(H,15,17). The van der Waals surface area contributed by atoms with Crippen LogP contribution in [0.25, 0.3) is 0 Å². The minimum absolute atomic E-state index is 0.0509. The van der Waals surface area contributed by atoms with Crippen LogP contribution in [0, 0.1) is 0 Å². The Bertz CT molecular complexity index is 392. The lowest BCUT2D eigenvalue weighted by atomic mass is 10.2. The highest BCUT2D eigenvalue weighted by Crippen LogP contribution is 2.01. The summed E-state index contributed by atoms with van der Waals surface area (Å²) in [5, 5.41) is 2.17. The van der Waals surface area contributed by atoms with Gasteiger partial charge in [0.25, 0.3) is 0 Å². The van der Waals surface area contributed by atoms with Crippen molar-refractivity contribution in [1.82, 2.24) is 5.32 Å². The Hall–Kier alpha value is -1.55. The van der Waals surface area contributed by atoms with Crippen LogP contribution >= 0.6 is 11.6 Å². The van der Waals surface area contributed by atoms with Gasteiger partial charge in [-0.3, -0.25) is 4.79 Å². The quantitative estimate of drug-likeness (QED) is 0.808. The highest BCUT2D eigenvalue weighted by atomic mass is 35.5. The summed E-state index contributed by atoms with van der Waals surface area (Å²) in [6.45, 7) is 1.87. The van der Waals surface area contributed by atoms with E-state index in [-0.39, 0.29) is 30.7 Å². The van der Waals surface area contributed by atoms with E-state index in [2.05, 4.69) is 5.32 Å². The molecule has 18 heavy (non-hydrogen) atoms. The summed E-state index contributed by atoms with van der Waals surface area (Å²) in [5.74, 6) is -0.117. The monoisotopic (exact) mass is 269 g/mol. The molecule has 1 amide bonds. The molecule has 1 aromatic rings. The maximum absolute atomic E-state index is 11.3. The Labute approximate surface area is 111 Å². The number of carbonyl (C=O) groups excluding carboxylic acids is 2. The number of rotatable bonds is 6. The Morgan fingerprint density at radius 3 is 2.61 bits per heavy atom. The number of hydrogen-bond acceptors (Lipinski definition) is 3. The molecule has 1 aromatic carbocycles. The summed E-state index contributed by atoms with van der Waals surface area (Å²) >= 11 is 5.66. The van der Waals surface area contributed by atoms with Crippen molar-refractivity contribution in [2.75, 3.05) is 6.54 Å². The van der Waals surface area contributed by atoms with E-state index in [4.69, 9.17) is 16.3 Å². The molecule has 1 unspecified atom stereocenters. The zero-order valence-corrected chi connectivity index (χ0v) is 10.9. The lowest BCUT2D eigenvalue weighted by Crippen LogP contribution is -2.30. The van der Waals surface area contributed by atoms with Gasteiger partial charge in [-0.15, -0.1) is 11.6 Å². The first-order valence-electron chi connectivity index (χ1n) is 5.68. The summed E-state index contributed by atoms with van der Waals surface area (Å²) in [4.78, 5) is 22.6. The molecule has 5 heteroatoms. The van der Waals surface area contributed by atoms with Crippen molar-refractivity contribution in [3.05, 3.63) is 35.9 Å². The van der Waals surface area contributed by atoms with E-state index in [1.54, 1.807) is 6.92 Å². The van der Waals surface area contributed by atoms with E-state index in [1.807, 2.05) is 30.3 Å². The van der Waals surface area contributed by atoms with Crippen molar-refractivity contribution in [1.29, 1.82) is 0 Å². The van der Waals surface area contributed by atoms with E-state index in [9.17, 15) is 9.59 Å². The average Bonchev–Trinajstić information content (AvgIpc) is 2.34. The zero-order valence-electron chi connectivity index (χ0n) is 10.2. The third kappa shape index (κ3) is 6.25. The summed E-state index contributed by atoms with van der Waals surface area (Å²) < 4.78 is 4.95. The minimum Gasteiger partial charge on any atom is -0.445 e. The SMILES string of the molecule is CC(Cl)CC(=O)CNC(=O)OCc1ccccc1. The lowest BCUT2D eigenvalue weighted by Gasteiger charge is -2.07. The topological polar surface area (TPSA) is 55.4 Å². The van der Waals surface area contributed by atoms with Gasteiger partial charge in [0.05, 0.1) is 6.54 Å². The van der Waals surface area contributed by atoms with Crippen molar-refractivity contribution < 1.29 is 14.3 Å². The highest BCUT2D eigenvalue weighted by Gasteiger charge is 2.09. The van der Waals surface area contributed by atoms with E-state index in [0.29, 0.717) is 0 Å². The molecule has 0 heterocycles. The van der Waals surface area contributed by atoms with Gasteiger partial charge in [-0.2, -0.15) is 0 Å². The average molecular weight is 270 g/mol. The van der Waals surface area contributed by atoms with Gasteiger partial charge in [0.2, 0.25) is 0 Å². The predicted molar refractivity (Wildman–Crippen MR) is 69.6 cm³/mol. The summed E-state index contributed by atoms with van der Waals surface area (Å²) in [6.07, 6.45) is -0.366. The number of alkyl carbamates (subject to hydrolysis) is 1. The van der Waals surface area contributed by atoms with Gasteiger partial charge in [0, 0.05) is 11.8 Å². The van der Waals surface area contributed by atoms with E-state index in [0.717, 1.165) is 5.56 Å². The first-order chi connectivity index (χ1) is 8.58. The fraction of sp³-hybridized carbons (Fsp3) is 0.385. The molecule has 0 saturated heterocycles. The van der Waals surface area contributed by atoms with Crippen LogP contribution in [0.15, 0.2) is 30.3 Å². The number of ether oxygens (including phenoxy) is 1. The number of ketones is 1. The van der Waals surface area contributed by atoms with E-state index >= 15 is 0 Å². The molecular formula is C13H16ClNO3. The second-order valence-corrected chi connectivity index (χ2v) is 4.68. The third-order valence-corrected chi connectivity index (χ3v) is 2.31. The van der Waals surface area contributed by atoms with E-state index in [1.165, 1.54) is 0 Å². The molecule has 0 spiro atoms. The minimum atomic E-state index is -0.602. The molecule has 0 radical (unpaired) electrons. The van der Waals surface area contributed by atoms with Crippen molar-refractivity contribution in [3.63, 3.8) is 0 Å². The molecule has 0 fully saturated rings. The summed E-state index contributed by atoms with van der Waals surface area (Å²) in [5.41, 5.74) is 0.897. The normalized spacial score (nSPS) is 11.7. The van der Waals surface area contributed by atoms with Crippen molar-refractivity contribution in [2.45, 2.75) is 25.3 Å². The second kappa shape index (κ2) is 7.71. The molecule has 1 atom stereocenters. The fourth-order valence-electron chi connectivity index (χ4n) is 1.33. The van der Waals surface area contributed by atoms with Gasteiger partial charge in [-0.05, 0) is 12.5 Å². The number of halogens is 1. The van der Waals surface area contributed by atoms with Crippen LogP contribution in [0.2, 0.25) is 0 Å². The van der Waals surface area contributed by atoms with Crippen molar-refractivity contribution >= 4 is 23.5 Å². The zero-order chi connectivity index (χ0) is 13.4. The number of amides is 1. The van der Waals surface area contributed by atoms with Crippen LogP contribution in [-0.4, -0.2) is 23.8 Å². The van der Waals surface area contributed by atoms with Gasteiger partial charge in [-0.25, -0.2) is 4.79 Å². The van der Waals surface area contributed by atoms with Gasteiger partial charge in [-0.1, -0.05) is 30.3 Å². The fourth-order valence-corrected chi connectivity index (χ4v) is 1.50. The number of alkyl halides is 1. The third-order valence-electron chi connectivity index (χ3n) is 2.15. The van der Waals surface area contributed by atoms with Crippen molar-refractivity contribution in [3.8, 4) is 0 Å². The maximum Gasteiger partial charge on any atom is 0.407 e. The van der Waals surface area contributed by atoms with Crippen LogP contribution < -0.4 is 5.32 Å². The highest BCUT2D eigenvalue weighted by molar-refractivity contribution is 6.21. The molecule has 0 aliphatic heterocycles.